The fraction of sp³-hybridized carbons (Fsp3) is 0.786. The Morgan fingerprint density at radius 3 is 2.81 bits per heavy atom. The van der Waals surface area contributed by atoms with Crippen molar-refractivity contribution in [3.05, 3.63) is 11.7 Å². The first kappa shape index (κ1) is 16.2. The Hall–Kier alpha value is -1.14. The van der Waals surface area contributed by atoms with Crippen molar-refractivity contribution in [3.63, 3.8) is 0 Å². The van der Waals surface area contributed by atoms with Gasteiger partial charge in [-0.3, -0.25) is 4.79 Å². The molecule has 1 atom stereocenters. The molecule has 0 spiro atoms. The maximum absolute atomic E-state index is 11.8. The molecule has 2 fully saturated rings. The normalized spacial score (nSPS) is 22.2. The Balaban J connectivity index is 0.00000161. The zero-order valence-corrected chi connectivity index (χ0v) is 13.0. The minimum Gasteiger partial charge on any atom is -0.354 e. The molecular weight excluding hydrogens is 292 g/mol. The van der Waals surface area contributed by atoms with Crippen LogP contribution in [0.2, 0.25) is 0 Å². The fourth-order valence-corrected chi connectivity index (χ4v) is 3.04. The average Bonchev–Trinajstić information content (AvgIpc) is 3.20. The molecule has 1 unspecified atom stereocenters. The summed E-state index contributed by atoms with van der Waals surface area (Å²) in [4.78, 5) is 16.3. The van der Waals surface area contributed by atoms with Gasteiger partial charge in [-0.15, -0.1) is 12.4 Å². The van der Waals surface area contributed by atoms with Crippen LogP contribution in [0.25, 0.3) is 0 Å². The number of amides is 1. The van der Waals surface area contributed by atoms with Crippen molar-refractivity contribution < 1.29 is 9.32 Å². The van der Waals surface area contributed by atoms with Crippen LogP contribution in [0.15, 0.2) is 4.52 Å². The molecule has 21 heavy (non-hydrogen) atoms. The topological polar surface area (TPSA) is 80.1 Å². The third-order valence-corrected chi connectivity index (χ3v) is 4.22. The predicted octanol–water partition coefficient (Wildman–Crippen LogP) is 1.56. The van der Waals surface area contributed by atoms with Gasteiger partial charge in [0, 0.05) is 18.9 Å². The van der Waals surface area contributed by atoms with Crippen LogP contribution in [0.1, 0.15) is 56.2 Å². The van der Waals surface area contributed by atoms with Gasteiger partial charge in [-0.05, 0) is 32.2 Å². The van der Waals surface area contributed by atoms with Gasteiger partial charge in [-0.2, -0.15) is 4.98 Å². The van der Waals surface area contributed by atoms with Crippen LogP contribution in [0.3, 0.4) is 0 Å². The quantitative estimate of drug-likeness (QED) is 0.862. The van der Waals surface area contributed by atoms with E-state index in [1.807, 2.05) is 0 Å². The van der Waals surface area contributed by atoms with Crippen LogP contribution in [-0.2, 0) is 11.2 Å². The molecule has 2 N–H and O–H groups in total. The van der Waals surface area contributed by atoms with E-state index in [9.17, 15) is 4.79 Å². The predicted molar refractivity (Wildman–Crippen MR) is 80.5 cm³/mol. The van der Waals surface area contributed by atoms with Crippen LogP contribution >= 0.6 is 12.4 Å². The highest BCUT2D eigenvalue weighted by atomic mass is 35.5. The Kier molecular flexibility index (Phi) is 5.99. The molecule has 1 saturated heterocycles. The number of nitrogens with zero attached hydrogens (tertiary/aromatic N) is 2. The smallest absolute Gasteiger partial charge is 0.237 e. The summed E-state index contributed by atoms with van der Waals surface area (Å²) < 4.78 is 5.26. The van der Waals surface area contributed by atoms with Crippen LogP contribution in [0.5, 0.6) is 0 Å². The number of carbonyl (C=O) groups is 1. The molecular formula is C14H23ClN4O2. The lowest BCUT2D eigenvalue weighted by Crippen LogP contribution is -2.41. The van der Waals surface area contributed by atoms with E-state index in [1.165, 1.54) is 25.7 Å². The molecule has 1 aliphatic carbocycles. The van der Waals surface area contributed by atoms with Crippen molar-refractivity contribution in [3.8, 4) is 0 Å². The first-order valence-electron chi connectivity index (χ1n) is 7.66. The zero-order chi connectivity index (χ0) is 13.8. The summed E-state index contributed by atoms with van der Waals surface area (Å²) in [5.41, 5.74) is 0. The van der Waals surface area contributed by atoms with E-state index in [0.29, 0.717) is 24.8 Å². The average molecular weight is 315 g/mol. The summed E-state index contributed by atoms with van der Waals surface area (Å²) >= 11 is 0. The molecule has 7 heteroatoms. The van der Waals surface area contributed by atoms with Gasteiger partial charge in [0.1, 0.15) is 0 Å². The number of hydrogen-bond donors (Lipinski definition) is 2. The Morgan fingerprint density at radius 2 is 2.10 bits per heavy atom. The molecule has 1 saturated carbocycles. The number of nitrogens with one attached hydrogen (secondary N) is 2. The lowest BCUT2D eigenvalue weighted by molar-refractivity contribution is -0.122. The van der Waals surface area contributed by atoms with Crippen LogP contribution in [-0.4, -0.2) is 35.2 Å². The molecule has 2 aliphatic rings. The molecule has 1 aliphatic heterocycles. The molecule has 1 amide bonds. The van der Waals surface area contributed by atoms with Crippen molar-refractivity contribution in [1.82, 2.24) is 20.8 Å². The van der Waals surface area contributed by atoms with Crippen molar-refractivity contribution in [2.75, 3.05) is 13.1 Å². The van der Waals surface area contributed by atoms with E-state index in [0.717, 1.165) is 25.2 Å². The van der Waals surface area contributed by atoms with Crippen LogP contribution in [0, 0.1) is 0 Å². The van der Waals surface area contributed by atoms with E-state index in [2.05, 4.69) is 20.8 Å². The van der Waals surface area contributed by atoms with Gasteiger partial charge in [0.15, 0.2) is 5.82 Å². The van der Waals surface area contributed by atoms with Gasteiger partial charge in [-0.1, -0.05) is 18.0 Å². The summed E-state index contributed by atoms with van der Waals surface area (Å²) in [6.45, 7) is 1.50. The highest BCUT2D eigenvalue weighted by Gasteiger charge is 2.23. The van der Waals surface area contributed by atoms with Crippen molar-refractivity contribution in [2.45, 2.75) is 56.9 Å². The second kappa shape index (κ2) is 7.75. The highest BCUT2D eigenvalue weighted by molar-refractivity contribution is 5.85. The Labute approximate surface area is 130 Å². The monoisotopic (exact) mass is 314 g/mol. The number of halogens is 1. The van der Waals surface area contributed by atoms with Crippen LogP contribution < -0.4 is 10.6 Å². The summed E-state index contributed by atoms with van der Waals surface area (Å²) in [6, 6.07) is -0.0215. The van der Waals surface area contributed by atoms with E-state index in [-0.39, 0.29) is 24.4 Å². The maximum Gasteiger partial charge on any atom is 0.237 e. The largest absolute Gasteiger partial charge is 0.354 e. The van der Waals surface area contributed by atoms with Gasteiger partial charge in [0.2, 0.25) is 11.8 Å². The highest BCUT2D eigenvalue weighted by Crippen LogP contribution is 2.32. The second-order valence-corrected chi connectivity index (χ2v) is 5.72. The first-order chi connectivity index (χ1) is 9.83. The third-order valence-electron chi connectivity index (χ3n) is 4.22. The van der Waals surface area contributed by atoms with E-state index < -0.39 is 0 Å². The van der Waals surface area contributed by atoms with Crippen molar-refractivity contribution in [2.24, 2.45) is 0 Å². The molecule has 1 aromatic heterocycles. The molecule has 2 heterocycles. The summed E-state index contributed by atoms with van der Waals surface area (Å²) in [5, 5.41) is 10.2. The maximum atomic E-state index is 11.8. The SMILES string of the molecule is Cl.O=C(NCCc1nc(C2CCCC2)no1)C1CCCN1. The summed E-state index contributed by atoms with van der Waals surface area (Å²) in [5.74, 6) is 2.04. The van der Waals surface area contributed by atoms with Gasteiger partial charge in [-0.25, -0.2) is 0 Å². The first-order valence-corrected chi connectivity index (χ1v) is 7.66. The molecule has 6 nitrogen and oxygen atoms in total. The van der Waals surface area contributed by atoms with E-state index >= 15 is 0 Å². The minimum absolute atomic E-state index is 0. The Bertz CT molecular complexity index is 454. The van der Waals surface area contributed by atoms with E-state index in [1.54, 1.807) is 0 Å². The lowest BCUT2D eigenvalue weighted by atomic mass is 10.1. The molecule has 0 radical (unpaired) electrons. The van der Waals surface area contributed by atoms with Crippen molar-refractivity contribution >= 4 is 18.3 Å². The molecule has 118 valence electrons. The van der Waals surface area contributed by atoms with Gasteiger partial charge in [0.05, 0.1) is 6.04 Å². The zero-order valence-electron chi connectivity index (χ0n) is 12.1. The number of rotatable bonds is 5. The molecule has 0 bridgehead atoms. The molecule has 0 aromatic carbocycles. The summed E-state index contributed by atoms with van der Waals surface area (Å²) in [6.07, 6.45) is 7.48. The summed E-state index contributed by atoms with van der Waals surface area (Å²) in [7, 11) is 0. The van der Waals surface area contributed by atoms with Gasteiger partial charge in [0.25, 0.3) is 0 Å². The van der Waals surface area contributed by atoms with Crippen molar-refractivity contribution in [1.29, 1.82) is 0 Å². The minimum atomic E-state index is -0.0215. The number of aromatic nitrogens is 2. The molecule has 1 aromatic rings. The van der Waals surface area contributed by atoms with Gasteiger partial charge >= 0.3 is 0 Å². The third kappa shape index (κ3) is 4.17. The molecule has 3 rings (SSSR count). The van der Waals surface area contributed by atoms with Gasteiger partial charge < -0.3 is 15.2 Å². The lowest BCUT2D eigenvalue weighted by Gasteiger charge is -2.09. The number of hydrogen-bond acceptors (Lipinski definition) is 5. The van der Waals surface area contributed by atoms with Crippen LogP contribution in [0.4, 0.5) is 0 Å². The second-order valence-electron chi connectivity index (χ2n) is 5.72. The van der Waals surface area contributed by atoms with E-state index in [4.69, 9.17) is 4.52 Å². The standard InChI is InChI=1S/C14H22N4O2.ClH/c19-14(11-6-3-8-15-11)16-9-7-12-17-13(18-20-12)10-4-1-2-5-10;/h10-11,15H,1-9H2,(H,16,19);1H. The fourth-order valence-electron chi connectivity index (χ4n) is 3.04. The Morgan fingerprint density at radius 1 is 1.29 bits per heavy atom. The number of carbonyl (C=O) groups excluding carboxylic acids is 1.